The molecule has 152 valence electrons. The molecular weight excluding hydrogens is 386 g/mol. The number of terminal acetylenes is 1. The minimum Gasteiger partial charge on any atom is -0.436 e. The first kappa shape index (κ1) is 20.9. The van der Waals surface area contributed by atoms with Gasteiger partial charge in [0.05, 0.1) is 5.01 Å². The van der Waals surface area contributed by atoms with Crippen LogP contribution in [0.15, 0.2) is 23.6 Å². The van der Waals surface area contributed by atoms with E-state index in [2.05, 4.69) is 34.4 Å². The molecule has 1 N–H and O–H groups in total. The van der Waals surface area contributed by atoms with Crippen molar-refractivity contribution < 1.29 is 14.3 Å². The Labute approximate surface area is 175 Å². The molecule has 0 bridgehead atoms. The molecule has 0 unspecified atom stereocenters. The highest BCUT2D eigenvalue weighted by molar-refractivity contribution is 7.09. The van der Waals surface area contributed by atoms with Gasteiger partial charge in [0.2, 0.25) is 0 Å². The van der Waals surface area contributed by atoms with Crippen LogP contribution in [-0.4, -0.2) is 41.6 Å². The fourth-order valence-electron chi connectivity index (χ4n) is 3.53. The number of piperidine rings is 1. The van der Waals surface area contributed by atoms with Gasteiger partial charge in [-0.15, -0.1) is 17.8 Å². The molecule has 1 fully saturated rings. The summed E-state index contributed by atoms with van der Waals surface area (Å²) in [5.41, 5.74) is 3.89. The number of ether oxygens (including phenoxy) is 1. The predicted molar refractivity (Wildman–Crippen MR) is 113 cm³/mol. The summed E-state index contributed by atoms with van der Waals surface area (Å²) in [6.45, 7) is 5.76. The van der Waals surface area contributed by atoms with Gasteiger partial charge in [-0.1, -0.05) is 35.2 Å². The summed E-state index contributed by atoms with van der Waals surface area (Å²) in [5.74, 6) is 2.38. The van der Waals surface area contributed by atoms with E-state index < -0.39 is 0 Å². The third-order valence-corrected chi connectivity index (χ3v) is 5.88. The molecule has 29 heavy (non-hydrogen) atoms. The number of aromatic nitrogens is 1. The zero-order valence-electron chi connectivity index (χ0n) is 16.7. The summed E-state index contributed by atoms with van der Waals surface area (Å²) in [6, 6.07) is 6.25. The van der Waals surface area contributed by atoms with Crippen LogP contribution in [-0.2, 0) is 11.3 Å². The van der Waals surface area contributed by atoms with Crippen LogP contribution < -0.4 is 5.32 Å². The van der Waals surface area contributed by atoms with E-state index >= 15 is 0 Å². The molecule has 0 saturated carbocycles. The smallest absolute Gasteiger partial charge is 0.410 e. The summed E-state index contributed by atoms with van der Waals surface area (Å²) < 4.78 is 4.97. The number of benzene rings is 1. The largest absolute Gasteiger partial charge is 0.436 e. The summed E-state index contributed by atoms with van der Waals surface area (Å²) in [6.07, 6.45) is 6.33. The summed E-state index contributed by atoms with van der Waals surface area (Å²) in [7, 11) is 0. The van der Waals surface area contributed by atoms with Gasteiger partial charge in [-0.2, -0.15) is 0 Å². The fourth-order valence-corrected chi connectivity index (χ4v) is 4.50. The number of rotatable bonds is 5. The maximum absolute atomic E-state index is 12.5. The number of carbonyl (C=O) groups excluding carboxylic acids is 2. The predicted octanol–water partition coefficient (Wildman–Crippen LogP) is 3.64. The number of nitrogens with one attached hydrogen (secondary N) is 1. The number of amides is 2. The van der Waals surface area contributed by atoms with Crippen molar-refractivity contribution >= 4 is 23.3 Å². The fraction of sp³-hybridized carbons (Fsp3) is 0.409. The minimum atomic E-state index is -0.369. The first-order chi connectivity index (χ1) is 14.0. The van der Waals surface area contributed by atoms with Crippen molar-refractivity contribution in [2.75, 3.05) is 19.7 Å². The molecule has 2 aromatic rings. The third-order valence-electron chi connectivity index (χ3n) is 4.87. The molecule has 2 heterocycles. The van der Waals surface area contributed by atoms with Crippen LogP contribution in [0.4, 0.5) is 4.79 Å². The number of nitrogens with zero attached hydrogens (tertiary/aromatic N) is 2. The van der Waals surface area contributed by atoms with Crippen molar-refractivity contribution in [3.05, 3.63) is 51.0 Å². The number of thiazole rings is 1. The molecule has 1 aliphatic heterocycles. The molecule has 0 spiro atoms. The Hall–Kier alpha value is -2.85. The zero-order chi connectivity index (χ0) is 20.8. The van der Waals surface area contributed by atoms with Crippen LogP contribution in [0.2, 0.25) is 0 Å². The van der Waals surface area contributed by atoms with Gasteiger partial charge in [-0.05, 0) is 32.3 Å². The normalized spacial score (nSPS) is 14.3. The summed E-state index contributed by atoms with van der Waals surface area (Å²) >= 11 is 1.50. The average molecular weight is 412 g/mol. The van der Waals surface area contributed by atoms with Gasteiger partial charge in [0.15, 0.2) is 6.61 Å². The first-order valence-corrected chi connectivity index (χ1v) is 10.5. The Bertz CT molecular complexity index is 903. The van der Waals surface area contributed by atoms with Crippen LogP contribution in [0.25, 0.3) is 0 Å². The number of aryl methyl sites for hydroxylation is 2. The van der Waals surface area contributed by atoms with Crippen molar-refractivity contribution in [2.45, 2.75) is 39.2 Å². The average Bonchev–Trinajstić information content (AvgIpc) is 3.20. The van der Waals surface area contributed by atoms with E-state index in [0.717, 1.165) is 23.4 Å². The van der Waals surface area contributed by atoms with Crippen molar-refractivity contribution in [3.63, 3.8) is 0 Å². The van der Waals surface area contributed by atoms with Crippen LogP contribution in [0, 0.1) is 26.2 Å². The van der Waals surface area contributed by atoms with Crippen LogP contribution in [0.1, 0.15) is 50.9 Å². The van der Waals surface area contributed by atoms with E-state index in [1.807, 2.05) is 13.8 Å². The standard InChI is InChI=1S/C22H25N3O3S/c1-4-9-28-22(27)25-7-5-18(6-8-25)21-24-19(14-29-21)20(26)23-13-17-11-15(2)10-16(3)12-17/h1,10-12,14,18H,5-9,13H2,2-3H3,(H,23,26). The topological polar surface area (TPSA) is 71.5 Å². The molecule has 7 heteroatoms. The SMILES string of the molecule is C#CCOC(=O)N1CCC(c2nc(C(=O)NCc3cc(C)cc(C)c3)cs2)CC1. The van der Waals surface area contributed by atoms with Crippen molar-refractivity contribution in [3.8, 4) is 12.3 Å². The lowest BCUT2D eigenvalue weighted by atomic mass is 9.98. The maximum atomic E-state index is 12.5. The highest BCUT2D eigenvalue weighted by Crippen LogP contribution is 2.30. The summed E-state index contributed by atoms with van der Waals surface area (Å²) in [5, 5.41) is 5.70. The minimum absolute atomic E-state index is 0.00810. The lowest BCUT2D eigenvalue weighted by molar-refractivity contribution is 0.0946. The second kappa shape index (κ2) is 9.57. The van der Waals surface area contributed by atoms with Crippen LogP contribution in [0.3, 0.4) is 0 Å². The van der Waals surface area contributed by atoms with Gasteiger partial charge in [0, 0.05) is 30.9 Å². The van der Waals surface area contributed by atoms with Crippen molar-refractivity contribution in [1.29, 1.82) is 0 Å². The molecule has 1 aromatic carbocycles. The molecule has 3 rings (SSSR count). The Morgan fingerprint density at radius 1 is 1.28 bits per heavy atom. The van der Waals surface area contributed by atoms with Crippen LogP contribution >= 0.6 is 11.3 Å². The van der Waals surface area contributed by atoms with Gasteiger partial charge < -0.3 is 15.0 Å². The molecule has 1 aromatic heterocycles. The van der Waals surface area contributed by atoms with E-state index in [9.17, 15) is 9.59 Å². The molecule has 0 aliphatic carbocycles. The number of likely N-dealkylation sites (tertiary alicyclic amines) is 1. The molecule has 0 atom stereocenters. The Balaban J connectivity index is 1.52. The second-order valence-corrected chi connectivity index (χ2v) is 8.16. The maximum Gasteiger partial charge on any atom is 0.410 e. The molecule has 0 radical (unpaired) electrons. The Morgan fingerprint density at radius 3 is 2.62 bits per heavy atom. The molecule has 2 amide bonds. The third kappa shape index (κ3) is 5.58. The zero-order valence-corrected chi connectivity index (χ0v) is 17.6. The number of hydrogen-bond acceptors (Lipinski definition) is 5. The molecule has 6 nitrogen and oxygen atoms in total. The van der Waals surface area contributed by atoms with E-state index in [0.29, 0.717) is 25.3 Å². The van der Waals surface area contributed by atoms with Crippen LogP contribution in [0.5, 0.6) is 0 Å². The van der Waals surface area contributed by atoms with Crippen molar-refractivity contribution in [1.82, 2.24) is 15.2 Å². The molecular formula is C22H25N3O3S. The van der Waals surface area contributed by atoms with E-state index in [4.69, 9.17) is 11.2 Å². The molecule has 1 aliphatic rings. The van der Waals surface area contributed by atoms with Crippen molar-refractivity contribution in [2.24, 2.45) is 0 Å². The Kier molecular flexibility index (Phi) is 6.89. The van der Waals surface area contributed by atoms with Gasteiger partial charge in [0.25, 0.3) is 5.91 Å². The first-order valence-electron chi connectivity index (χ1n) is 9.62. The second-order valence-electron chi connectivity index (χ2n) is 7.27. The lowest BCUT2D eigenvalue weighted by Crippen LogP contribution is -2.38. The Morgan fingerprint density at radius 2 is 1.97 bits per heavy atom. The lowest BCUT2D eigenvalue weighted by Gasteiger charge is -2.30. The highest BCUT2D eigenvalue weighted by Gasteiger charge is 2.27. The van der Waals surface area contributed by atoms with Gasteiger partial charge >= 0.3 is 6.09 Å². The van der Waals surface area contributed by atoms with Gasteiger partial charge in [0.1, 0.15) is 5.69 Å². The number of hydrogen-bond donors (Lipinski definition) is 1. The summed E-state index contributed by atoms with van der Waals surface area (Å²) in [4.78, 5) is 30.6. The highest BCUT2D eigenvalue weighted by atomic mass is 32.1. The van der Waals surface area contributed by atoms with Gasteiger partial charge in [-0.3, -0.25) is 4.79 Å². The van der Waals surface area contributed by atoms with E-state index in [-0.39, 0.29) is 24.5 Å². The molecule has 1 saturated heterocycles. The van der Waals surface area contributed by atoms with E-state index in [1.165, 1.54) is 22.5 Å². The van der Waals surface area contributed by atoms with E-state index in [1.54, 1.807) is 10.3 Å². The quantitative estimate of drug-likeness (QED) is 0.763. The number of carbonyl (C=O) groups is 2. The van der Waals surface area contributed by atoms with Gasteiger partial charge in [-0.25, -0.2) is 9.78 Å². The monoisotopic (exact) mass is 411 g/mol.